The van der Waals surface area contributed by atoms with Crippen molar-refractivity contribution in [2.75, 3.05) is 32.1 Å². The van der Waals surface area contributed by atoms with E-state index in [0.29, 0.717) is 12.3 Å². The molecule has 9 nitrogen and oxygen atoms in total. The highest BCUT2D eigenvalue weighted by molar-refractivity contribution is 5.89. The third kappa shape index (κ3) is 10.3. The van der Waals surface area contributed by atoms with E-state index in [1.165, 1.54) is 32.7 Å². The number of likely N-dealkylation sites (N-methyl/N-ethyl adjacent to an activating group) is 1. The third-order valence-electron chi connectivity index (χ3n) is 5.01. The number of amides is 2. The van der Waals surface area contributed by atoms with Gasteiger partial charge >= 0.3 is 6.03 Å². The van der Waals surface area contributed by atoms with Crippen LogP contribution in [0, 0.1) is 0 Å². The number of nitrogens with zero attached hydrogens (tertiary/aromatic N) is 1. The van der Waals surface area contributed by atoms with Gasteiger partial charge in [0.2, 0.25) is 0 Å². The summed E-state index contributed by atoms with van der Waals surface area (Å²) in [6.45, 7) is 1.79. The lowest BCUT2D eigenvalue weighted by Crippen LogP contribution is -2.50. The summed E-state index contributed by atoms with van der Waals surface area (Å²) in [5.41, 5.74) is 0.537. The highest BCUT2D eigenvalue weighted by Gasteiger charge is 2.31. The first-order chi connectivity index (χ1) is 14.8. The second-order valence-corrected chi connectivity index (χ2v) is 7.75. The van der Waals surface area contributed by atoms with Crippen molar-refractivity contribution in [3.8, 4) is 5.75 Å². The molecular formula is C22H38N2O7. The fourth-order valence-corrected chi connectivity index (χ4v) is 2.96. The Labute approximate surface area is 184 Å². The molecule has 4 atom stereocenters. The molecule has 0 aliphatic carbocycles. The van der Waals surface area contributed by atoms with E-state index in [2.05, 4.69) is 12.2 Å². The van der Waals surface area contributed by atoms with E-state index in [-0.39, 0.29) is 6.54 Å². The first-order valence-corrected chi connectivity index (χ1v) is 10.9. The smallest absolute Gasteiger partial charge is 0.321 e. The Balaban J connectivity index is 2.39. The van der Waals surface area contributed by atoms with Crippen LogP contribution in [0.2, 0.25) is 0 Å². The van der Waals surface area contributed by atoms with Gasteiger partial charge in [0, 0.05) is 12.7 Å². The number of aliphatic hydroxyl groups excluding tert-OH is 5. The summed E-state index contributed by atoms with van der Waals surface area (Å²) >= 11 is 0. The van der Waals surface area contributed by atoms with Gasteiger partial charge in [-0.25, -0.2) is 4.79 Å². The molecule has 9 heteroatoms. The number of rotatable bonds is 15. The molecule has 0 fully saturated rings. The second-order valence-electron chi connectivity index (χ2n) is 7.75. The van der Waals surface area contributed by atoms with Crippen LogP contribution in [0.15, 0.2) is 24.3 Å². The van der Waals surface area contributed by atoms with E-state index in [9.17, 15) is 25.2 Å². The Morgan fingerprint density at radius 3 is 2.16 bits per heavy atom. The van der Waals surface area contributed by atoms with Crippen molar-refractivity contribution in [2.45, 2.75) is 69.9 Å². The third-order valence-corrected chi connectivity index (χ3v) is 5.01. The molecule has 0 aromatic heterocycles. The fourth-order valence-electron chi connectivity index (χ4n) is 2.96. The molecular weight excluding hydrogens is 404 g/mol. The predicted molar refractivity (Wildman–Crippen MR) is 118 cm³/mol. The normalized spacial score (nSPS) is 15.1. The summed E-state index contributed by atoms with van der Waals surface area (Å²) in [6.07, 6.45) is 0.592. The highest BCUT2D eigenvalue weighted by Crippen LogP contribution is 2.17. The van der Waals surface area contributed by atoms with Gasteiger partial charge < -0.3 is 40.5 Å². The molecule has 0 bridgehead atoms. The fraction of sp³-hybridized carbons (Fsp3) is 0.682. The average Bonchev–Trinajstić information content (AvgIpc) is 2.77. The largest absolute Gasteiger partial charge is 0.494 e. The lowest BCUT2D eigenvalue weighted by Gasteiger charge is -2.28. The Kier molecular flexibility index (Phi) is 13.1. The molecule has 1 aromatic carbocycles. The van der Waals surface area contributed by atoms with Crippen LogP contribution in [0.3, 0.4) is 0 Å². The molecule has 0 saturated heterocycles. The van der Waals surface area contributed by atoms with Gasteiger partial charge in [-0.15, -0.1) is 0 Å². The van der Waals surface area contributed by atoms with Crippen LogP contribution in [0.5, 0.6) is 5.75 Å². The van der Waals surface area contributed by atoms with Crippen molar-refractivity contribution in [3.05, 3.63) is 24.3 Å². The summed E-state index contributed by atoms with van der Waals surface area (Å²) in [4.78, 5) is 13.4. The van der Waals surface area contributed by atoms with Gasteiger partial charge in [-0.3, -0.25) is 0 Å². The van der Waals surface area contributed by atoms with Gasteiger partial charge in [-0.05, 0) is 30.7 Å². The van der Waals surface area contributed by atoms with Gasteiger partial charge in [0.25, 0.3) is 0 Å². The number of unbranched alkanes of at least 4 members (excludes halogenated alkanes) is 5. The van der Waals surface area contributed by atoms with Crippen LogP contribution >= 0.6 is 0 Å². The Bertz CT molecular complexity index is 614. The topological polar surface area (TPSA) is 143 Å². The Morgan fingerprint density at radius 2 is 1.55 bits per heavy atom. The maximum atomic E-state index is 12.3. The number of benzene rings is 1. The van der Waals surface area contributed by atoms with E-state index in [0.717, 1.165) is 23.5 Å². The van der Waals surface area contributed by atoms with Gasteiger partial charge in [0.05, 0.1) is 19.8 Å². The average molecular weight is 443 g/mol. The minimum absolute atomic E-state index is 0.290. The maximum absolute atomic E-state index is 12.3. The molecule has 6 N–H and O–H groups in total. The van der Waals surface area contributed by atoms with Gasteiger partial charge in [-0.1, -0.05) is 39.0 Å². The van der Waals surface area contributed by atoms with Crippen molar-refractivity contribution in [1.29, 1.82) is 0 Å². The van der Waals surface area contributed by atoms with Crippen molar-refractivity contribution in [2.24, 2.45) is 0 Å². The first kappa shape index (κ1) is 27.1. The van der Waals surface area contributed by atoms with Gasteiger partial charge in [0.15, 0.2) is 0 Å². The van der Waals surface area contributed by atoms with E-state index < -0.39 is 37.1 Å². The minimum atomic E-state index is -1.74. The molecule has 0 radical (unpaired) electrons. The molecule has 1 aromatic rings. The maximum Gasteiger partial charge on any atom is 0.321 e. The van der Waals surface area contributed by atoms with E-state index >= 15 is 0 Å². The zero-order valence-electron chi connectivity index (χ0n) is 18.5. The molecule has 0 saturated carbocycles. The van der Waals surface area contributed by atoms with Crippen LogP contribution in [0.4, 0.5) is 10.5 Å². The quantitative estimate of drug-likeness (QED) is 0.225. The molecule has 0 aliphatic rings. The molecule has 31 heavy (non-hydrogen) atoms. The minimum Gasteiger partial charge on any atom is -0.494 e. The number of carbonyl (C=O) groups excluding carboxylic acids is 1. The number of anilines is 1. The predicted octanol–water partition coefficient (Wildman–Crippen LogP) is 1.33. The summed E-state index contributed by atoms with van der Waals surface area (Å²) in [5.74, 6) is 0.717. The molecule has 178 valence electrons. The van der Waals surface area contributed by atoms with Gasteiger partial charge in [-0.2, -0.15) is 0 Å². The zero-order chi connectivity index (χ0) is 23.2. The number of hydrogen-bond acceptors (Lipinski definition) is 7. The highest BCUT2D eigenvalue weighted by atomic mass is 16.5. The van der Waals surface area contributed by atoms with Crippen molar-refractivity contribution < 1.29 is 35.1 Å². The van der Waals surface area contributed by atoms with Crippen molar-refractivity contribution >= 4 is 11.7 Å². The summed E-state index contributed by atoms with van der Waals surface area (Å²) in [7, 11) is 1.41. The number of nitrogens with one attached hydrogen (secondary N) is 1. The number of urea groups is 1. The number of hydrogen-bond donors (Lipinski definition) is 6. The number of aliphatic hydroxyl groups is 5. The van der Waals surface area contributed by atoms with Gasteiger partial charge in [0.1, 0.15) is 30.2 Å². The lowest BCUT2D eigenvalue weighted by molar-refractivity contribution is -0.117. The summed E-state index contributed by atoms with van der Waals surface area (Å²) in [5, 5.41) is 50.3. The second kappa shape index (κ2) is 15.0. The molecule has 0 aliphatic heterocycles. The Morgan fingerprint density at radius 1 is 0.968 bits per heavy atom. The molecule has 2 amide bonds. The standard InChI is InChI=1S/C22H38N2O7/c1-3-4-5-6-7-8-13-31-17-11-9-16(10-12-17)23-22(30)24(2)14-18(26)20(28)21(29)19(27)15-25/h9-12,18-21,25-29H,3-8,13-15H2,1-2H3,(H,23,30)/t18-,19+,20+,21+/m0/s1. The van der Waals surface area contributed by atoms with Crippen LogP contribution in [0.1, 0.15) is 45.4 Å². The monoisotopic (exact) mass is 442 g/mol. The SMILES string of the molecule is CCCCCCCCOc1ccc(NC(=O)N(C)C[C@H](O)[C@@H](O)[C@H](O)[C@H](O)CO)cc1. The van der Waals surface area contributed by atoms with Crippen LogP contribution < -0.4 is 10.1 Å². The summed E-state index contributed by atoms with van der Waals surface area (Å²) < 4.78 is 5.70. The lowest BCUT2D eigenvalue weighted by atomic mass is 10.0. The number of ether oxygens (including phenoxy) is 1. The van der Waals surface area contributed by atoms with E-state index in [4.69, 9.17) is 9.84 Å². The van der Waals surface area contributed by atoms with Crippen molar-refractivity contribution in [1.82, 2.24) is 4.90 Å². The summed E-state index contributed by atoms with van der Waals surface area (Å²) in [6, 6.07) is 6.41. The van der Waals surface area contributed by atoms with E-state index in [1.54, 1.807) is 24.3 Å². The molecule has 0 spiro atoms. The molecule has 0 unspecified atom stereocenters. The van der Waals surface area contributed by atoms with Crippen LogP contribution in [-0.2, 0) is 0 Å². The molecule has 1 rings (SSSR count). The molecule has 0 heterocycles. The van der Waals surface area contributed by atoms with Crippen LogP contribution in [-0.4, -0.2) is 87.7 Å². The number of carbonyl (C=O) groups is 1. The Hall–Kier alpha value is -1.91. The van der Waals surface area contributed by atoms with Crippen molar-refractivity contribution in [3.63, 3.8) is 0 Å². The van der Waals surface area contributed by atoms with Crippen LogP contribution in [0.25, 0.3) is 0 Å². The zero-order valence-corrected chi connectivity index (χ0v) is 18.5. The van der Waals surface area contributed by atoms with E-state index in [1.807, 2.05) is 0 Å². The first-order valence-electron chi connectivity index (χ1n) is 10.9.